The van der Waals surface area contributed by atoms with Crippen molar-refractivity contribution in [3.63, 3.8) is 0 Å². The van der Waals surface area contributed by atoms with Gasteiger partial charge in [0.2, 0.25) is 0 Å². The smallest absolute Gasteiger partial charge is 0.179 e. The molecule has 0 spiro atoms. The minimum atomic E-state index is -1.04. The van der Waals surface area contributed by atoms with Gasteiger partial charge in [0.1, 0.15) is 11.4 Å². The molecule has 1 aliphatic heterocycles. The topological polar surface area (TPSA) is 35.9 Å². The molecule has 2 heterocycles. The molecule has 0 fully saturated rings. The zero-order valence-corrected chi connectivity index (χ0v) is 16.4. The van der Waals surface area contributed by atoms with E-state index in [0.717, 1.165) is 43.0 Å². The van der Waals surface area contributed by atoms with Crippen LogP contribution in [0.15, 0.2) is 35.0 Å². The molecule has 1 N–H and O–H groups in total. The van der Waals surface area contributed by atoms with Crippen molar-refractivity contribution >= 4 is 33.3 Å². The quantitative estimate of drug-likeness (QED) is 0.751. The second kappa shape index (κ2) is 7.44. The van der Waals surface area contributed by atoms with Crippen molar-refractivity contribution in [1.82, 2.24) is 4.90 Å². The number of β-amino-alcohol motifs (C(OH)–C–C–N with tert-alkyl or cyclic N) is 1. The van der Waals surface area contributed by atoms with E-state index in [1.165, 1.54) is 0 Å². The van der Waals surface area contributed by atoms with Gasteiger partial charge in [0.15, 0.2) is 16.3 Å². The number of anilines is 1. The highest BCUT2D eigenvalue weighted by Gasteiger charge is 2.45. The molecule has 1 aliphatic rings. The van der Waals surface area contributed by atoms with Gasteiger partial charge >= 0.3 is 0 Å². The number of nitrogens with zero attached hydrogens (tertiary/aromatic N) is 2. The Kier molecular flexibility index (Phi) is 5.49. The first-order valence-corrected chi connectivity index (χ1v) is 9.87. The van der Waals surface area contributed by atoms with Crippen LogP contribution in [0.4, 0.5) is 5.69 Å². The predicted molar refractivity (Wildman–Crippen MR) is 103 cm³/mol. The molecule has 3 rings (SSSR count). The van der Waals surface area contributed by atoms with Gasteiger partial charge in [-0.1, -0.05) is 19.9 Å². The Morgan fingerprint density at radius 3 is 2.75 bits per heavy atom. The molecule has 1 aromatic carbocycles. The minimum absolute atomic E-state index is 0.549. The highest BCUT2D eigenvalue weighted by atomic mass is 79.9. The van der Waals surface area contributed by atoms with Gasteiger partial charge in [-0.2, -0.15) is 11.3 Å². The molecule has 130 valence electrons. The van der Waals surface area contributed by atoms with E-state index in [9.17, 15) is 5.11 Å². The lowest BCUT2D eigenvalue weighted by Gasteiger charge is -2.27. The summed E-state index contributed by atoms with van der Waals surface area (Å²) < 4.78 is 5.39. The van der Waals surface area contributed by atoms with Crippen LogP contribution in [0, 0.1) is 0 Å². The van der Waals surface area contributed by atoms with E-state index >= 15 is 0 Å². The SMILES string of the molecule is CCN(CC)CCN1CC(O)(c2ccsc2)c2c(OBr)cccc21. The minimum Gasteiger partial charge on any atom is -0.418 e. The van der Waals surface area contributed by atoms with Gasteiger partial charge in [0.25, 0.3) is 0 Å². The summed E-state index contributed by atoms with van der Waals surface area (Å²) in [5.41, 5.74) is 1.78. The molecule has 0 amide bonds. The van der Waals surface area contributed by atoms with Crippen molar-refractivity contribution in [2.24, 2.45) is 0 Å². The fourth-order valence-electron chi connectivity index (χ4n) is 3.44. The first-order chi connectivity index (χ1) is 11.6. The maximum absolute atomic E-state index is 11.5. The number of halogens is 1. The predicted octanol–water partition coefficient (Wildman–Crippen LogP) is 3.83. The molecule has 1 unspecified atom stereocenters. The molecule has 0 saturated heterocycles. The molecular weight excluding hydrogens is 388 g/mol. The monoisotopic (exact) mass is 410 g/mol. The summed E-state index contributed by atoms with van der Waals surface area (Å²) in [6, 6.07) is 7.92. The number of benzene rings is 1. The fourth-order valence-corrected chi connectivity index (χ4v) is 4.43. The summed E-state index contributed by atoms with van der Waals surface area (Å²) in [7, 11) is 0. The Bertz CT molecular complexity index is 676. The summed E-state index contributed by atoms with van der Waals surface area (Å²) in [6.07, 6.45) is 0. The molecule has 0 saturated carbocycles. The number of aliphatic hydroxyl groups is 1. The van der Waals surface area contributed by atoms with Gasteiger partial charge in [-0.15, -0.1) is 0 Å². The molecule has 2 aromatic rings. The third kappa shape index (κ3) is 3.08. The summed E-state index contributed by atoms with van der Waals surface area (Å²) >= 11 is 4.70. The van der Waals surface area contributed by atoms with E-state index in [1.54, 1.807) is 11.3 Å². The summed E-state index contributed by atoms with van der Waals surface area (Å²) in [6.45, 7) is 8.85. The number of hydrogen-bond acceptors (Lipinski definition) is 5. The van der Waals surface area contributed by atoms with Crippen LogP contribution in [0.5, 0.6) is 5.75 Å². The lowest BCUT2D eigenvalue weighted by atomic mass is 9.89. The highest BCUT2D eigenvalue weighted by Crippen LogP contribution is 2.48. The largest absolute Gasteiger partial charge is 0.418 e. The van der Waals surface area contributed by atoms with Crippen LogP contribution in [-0.4, -0.2) is 42.7 Å². The second-order valence-corrected chi connectivity index (χ2v) is 7.15. The van der Waals surface area contributed by atoms with Crippen molar-refractivity contribution < 1.29 is 8.93 Å². The summed E-state index contributed by atoms with van der Waals surface area (Å²) in [4.78, 5) is 4.66. The molecular formula is C18H23BrN2O2S. The number of likely N-dealkylation sites (N-methyl/N-ethyl adjacent to an activating group) is 1. The third-order valence-corrected chi connectivity index (χ3v) is 5.87. The highest BCUT2D eigenvalue weighted by molar-refractivity contribution is 9.06. The molecule has 4 nitrogen and oxygen atoms in total. The van der Waals surface area contributed by atoms with Crippen molar-refractivity contribution in [2.45, 2.75) is 19.4 Å². The van der Waals surface area contributed by atoms with E-state index in [4.69, 9.17) is 3.83 Å². The Morgan fingerprint density at radius 2 is 2.12 bits per heavy atom. The van der Waals surface area contributed by atoms with Gasteiger partial charge < -0.3 is 18.7 Å². The van der Waals surface area contributed by atoms with Gasteiger partial charge in [-0.05, 0) is 42.0 Å². The molecule has 0 bridgehead atoms. The number of fused-ring (bicyclic) bond motifs is 1. The maximum atomic E-state index is 11.5. The van der Waals surface area contributed by atoms with E-state index in [1.807, 2.05) is 29.0 Å². The van der Waals surface area contributed by atoms with Crippen LogP contribution in [-0.2, 0) is 5.60 Å². The number of hydrogen-bond donors (Lipinski definition) is 1. The van der Waals surface area contributed by atoms with Crippen LogP contribution in [0.1, 0.15) is 25.0 Å². The lowest BCUT2D eigenvalue weighted by Crippen LogP contribution is -2.38. The fraction of sp³-hybridized carbons (Fsp3) is 0.444. The Balaban J connectivity index is 1.96. The van der Waals surface area contributed by atoms with Crippen molar-refractivity contribution in [2.75, 3.05) is 37.6 Å². The Morgan fingerprint density at radius 1 is 1.33 bits per heavy atom. The normalized spacial score (nSPS) is 19.8. The average Bonchev–Trinajstić information content (AvgIpc) is 3.24. The van der Waals surface area contributed by atoms with E-state index in [0.29, 0.717) is 12.3 Å². The van der Waals surface area contributed by atoms with Gasteiger partial charge in [-0.3, -0.25) is 0 Å². The third-order valence-electron chi connectivity index (χ3n) is 4.84. The summed E-state index contributed by atoms with van der Waals surface area (Å²) in [5, 5.41) is 15.5. The summed E-state index contributed by atoms with van der Waals surface area (Å²) in [5.74, 6) is 0.673. The van der Waals surface area contributed by atoms with Gasteiger partial charge in [0, 0.05) is 24.3 Å². The number of thiophene rings is 1. The van der Waals surface area contributed by atoms with E-state index < -0.39 is 5.60 Å². The molecule has 1 aromatic heterocycles. The molecule has 24 heavy (non-hydrogen) atoms. The second-order valence-electron chi connectivity index (χ2n) is 6.05. The van der Waals surface area contributed by atoms with Crippen molar-refractivity contribution in [3.05, 3.63) is 46.2 Å². The zero-order chi connectivity index (χ0) is 17.2. The van der Waals surface area contributed by atoms with Crippen molar-refractivity contribution in [3.8, 4) is 5.75 Å². The van der Waals surface area contributed by atoms with Crippen LogP contribution in [0.25, 0.3) is 0 Å². The first kappa shape index (κ1) is 17.7. The lowest BCUT2D eigenvalue weighted by molar-refractivity contribution is 0.0967. The van der Waals surface area contributed by atoms with E-state index in [-0.39, 0.29) is 0 Å². The Hall–Kier alpha value is -1.08. The first-order valence-electron chi connectivity index (χ1n) is 8.28. The van der Waals surface area contributed by atoms with Crippen LogP contribution in [0.3, 0.4) is 0 Å². The average molecular weight is 411 g/mol. The van der Waals surface area contributed by atoms with Crippen LogP contribution >= 0.6 is 27.6 Å². The molecule has 0 radical (unpaired) electrons. The molecule has 0 aliphatic carbocycles. The van der Waals surface area contributed by atoms with Crippen LogP contribution < -0.4 is 8.73 Å². The molecule has 6 heteroatoms. The zero-order valence-electron chi connectivity index (χ0n) is 14.0. The molecule has 1 atom stereocenters. The standard InChI is InChI=1S/C18H23BrN2O2S/c1-3-20(4-2)9-10-21-13-18(22,14-8-11-24-12-14)17-15(21)6-5-7-16(17)23-19/h5-8,11-12,22H,3-4,9-10,13H2,1-2H3. The van der Waals surface area contributed by atoms with Crippen LogP contribution in [0.2, 0.25) is 0 Å². The van der Waals surface area contributed by atoms with Gasteiger partial charge in [0.05, 0.1) is 12.1 Å². The number of rotatable bonds is 7. The Labute approximate surface area is 156 Å². The maximum Gasteiger partial charge on any atom is 0.179 e. The van der Waals surface area contributed by atoms with Gasteiger partial charge in [-0.25, -0.2) is 0 Å². The van der Waals surface area contributed by atoms with E-state index in [2.05, 4.69) is 46.0 Å². The van der Waals surface area contributed by atoms with Crippen molar-refractivity contribution in [1.29, 1.82) is 0 Å².